The van der Waals surface area contributed by atoms with Gasteiger partial charge >= 0.3 is 0 Å². The molecule has 0 atom stereocenters. The van der Waals surface area contributed by atoms with Gasteiger partial charge in [0.25, 0.3) is 5.91 Å². The fourth-order valence-electron chi connectivity index (χ4n) is 5.05. The van der Waals surface area contributed by atoms with Crippen LogP contribution in [0.3, 0.4) is 0 Å². The van der Waals surface area contributed by atoms with Crippen molar-refractivity contribution in [1.29, 1.82) is 0 Å². The Kier molecular flexibility index (Phi) is 6.17. The van der Waals surface area contributed by atoms with Crippen molar-refractivity contribution in [2.45, 2.75) is 44.6 Å². The van der Waals surface area contributed by atoms with Gasteiger partial charge in [0, 0.05) is 31.4 Å². The molecule has 1 saturated carbocycles. The van der Waals surface area contributed by atoms with Crippen molar-refractivity contribution >= 4 is 22.8 Å². The number of anilines is 1. The van der Waals surface area contributed by atoms with Crippen LogP contribution in [0.15, 0.2) is 79.1 Å². The highest BCUT2D eigenvalue weighted by Gasteiger charge is 2.45. The number of rotatable bonds is 6. The molecule has 1 aliphatic carbocycles. The second-order valence-corrected chi connectivity index (χ2v) is 11.9. The number of hydrogen-bond acceptors (Lipinski definition) is 5. The molecule has 6 rings (SSSR count). The van der Waals surface area contributed by atoms with Crippen LogP contribution in [0.25, 0.3) is 33.8 Å². The Labute approximate surface area is 234 Å². The van der Waals surface area contributed by atoms with Gasteiger partial charge in [-0.3, -0.25) is 9.78 Å². The van der Waals surface area contributed by atoms with Crippen LogP contribution in [0.5, 0.6) is 0 Å². The second kappa shape index (κ2) is 9.59. The van der Waals surface area contributed by atoms with Gasteiger partial charge < -0.3 is 15.2 Å². The molecule has 0 unspecified atom stereocenters. The summed E-state index contributed by atoms with van der Waals surface area (Å²) in [4.78, 5) is 32.3. The number of benzene rings is 2. The Morgan fingerprint density at radius 2 is 1.65 bits per heavy atom. The van der Waals surface area contributed by atoms with Crippen molar-refractivity contribution in [2.24, 2.45) is 0 Å². The van der Waals surface area contributed by atoms with Crippen molar-refractivity contribution in [3.63, 3.8) is 0 Å². The fraction of sp³-hybridized carbons (Fsp3) is 0.273. The number of aromatic nitrogens is 4. The first kappa shape index (κ1) is 25.7. The summed E-state index contributed by atoms with van der Waals surface area (Å²) >= 11 is 0. The summed E-state index contributed by atoms with van der Waals surface area (Å²) in [5.41, 5.74) is 8.18. The molecule has 0 saturated heterocycles. The summed E-state index contributed by atoms with van der Waals surface area (Å²) in [6, 6.07) is 22.4. The van der Waals surface area contributed by atoms with Crippen LogP contribution >= 0.6 is 0 Å². The molecule has 0 aliphatic heterocycles. The molecule has 0 bridgehead atoms. The average molecular weight is 531 g/mol. The molecule has 1 fully saturated rings. The van der Waals surface area contributed by atoms with Crippen LogP contribution in [0.4, 0.5) is 5.69 Å². The molecule has 3 heterocycles. The largest absolute Gasteiger partial charge is 0.376 e. The first-order chi connectivity index (χ1) is 19.1. The third-order valence-corrected chi connectivity index (χ3v) is 7.76. The van der Waals surface area contributed by atoms with Crippen LogP contribution in [0.2, 0.25) is 0 Å². The highest BCUT2D eigenvalue weighted by molar-refractivity contribution is 5.95. The van der Waals surface area contributed by atoms with E-state index in [0.717, 1.165) is 46.4 Å². The summed E-state index contributed by atoms with van der Waals surface area (Å²) in [6.07, 6.45) is 5.48. The fourth-order valence-corrected chi connectivity index (χ4v) is 5.05. The topological polar surface area (TPSA) is 86.8 Å². The molecule has 2 aromatic carbocycles. The van der Waals surface area contributed by atoms with E-state index < -0.39 is 0 Å². The second-order valence-electron chi connectivity index (χ2n) is 11.9. The highest BCUT2D eigenvalue weighted by Crippen LogP contribution is 2.46. The van der Waals surface area contributed by atoms with E-state index in [1.54, 1.807) is 6.20 Å². The van der Waals surface area contributed by atoms with Crippen LogP contribution in [-0.4, -0.2) is 39.9 Å². The Balaban J connectivity index is 1.23. The van der Waals surface area contributed by atoms with Crippen molar-refractivity contribution in [3.05, 3.63) is 95.8 Å². The van der Waals surface area contributed by atoms with E-state index in [2.05, 4.69) is 77.4 Å². The molecule has 0 spiro atoms. The molecule has 5 aromatic rings. The average Bonchev–Trinajstić information content (AvgIpc) is 3.60. The number of H-pyrrole nitrogens is 1. The van der Waals surface area contributed by atoms with Crippen LogP contribution < -0.4 is 10.2 Å². The Bertz CT molecular complexity index is 1670. The maximum atomic E-state index is 13.1. The monoisotopic (exact) mass is 530 g/mol. The third-order valence-electron chi connectivity index (χ3n) is 7.76. The van der Waals surface area contributed by atoms with E-state index in [1.165, 1.54) is 5.56 Å². The number of hydrogen-bond donors (Lipinski definition) is 2. The van der Waals surface area contributed by atoms with Crippen LogP contribution in [-0.2, 0) is 11.0 Å². The number of carbonyl (C=O) groups is 1. The summed E-state index contributed by atoms with van der Waals surface area (Å²) in [7, 11) is 3.98. The summed E-state index contributed by atoms with van der Waals surface area (Å²) in [6.45, 7) is 6.53. The van der Waals surface area contributed by atoms with Crippen molar-refractivity contribution in [1.82, 2.24) is 25.3 Å². The first-order valence-electron chi connectivity index (χ1n) is 13.7. The van der Waals surface area contributed by atoms with Crippen LogP contribution in [0.1, 0.15) is 55.1 Å². The van der Waals surface area contributed by atoms with E-state index in [0.29, 0.717) is 17.0 Å². The van der Waals surface area contributed by atoms with Gasteiger partial charge in [0.2, 0.25) is 0 Å². The van der Waals surface area contributed by atoms with E-state index in [-0.39, 0.29) is 16.9 Å². The zero-order chi connectivity index (χ0) is 28.1. The standard InChI is InChI=1S/C33H34N6O/c1-32(2,3)23-10-8-22(9-11-23)31(40)38-33(17-18-33)24-12-6-21(7-13-24)26-16-19-34-30-28(26)36-29(37-30)27-15-14-25(20-35-27)39(4)5/h6-16,19-20H,17-18H2,1-5H3,(H,38,40)(H,34,36,37). The van der Waals surface area contributed by atoms with Gasteiger partial charge in [-0.05, 0) is 65.3 Å². The summed E-state index contributed by atoms with van der Waals surface area (Å²) in [5.74, 6) is 0.655. The minimum Gasteiger partial charge on any atom is -0.376 e. The van der Waals surface area contributed by atoms with Gasteiger partial charge in [0.15, 0.2) is 11.5 Å². The maximum Gasteiger partial charge on any atom is 0.251 e. The normalized spacial score (nSPS) is 14.2. The maximum absolute atomic E-state index is 13.1. The van der Waals surface area contributed by atoms with E-state index in [4.69, 9.17) is 4.98 Å². The summed E-state index contributed by atoms with van der Waals surface area (Å²) < 4.78 is 0. The number of nitrogens with zero attached hydrogens (tertiary/aromatic N) is 4. The lowest BCUT2D eigenvalue weighted by molar-refractivity contribution is 0.0930. The van der Waals surface area contributed by atoms with Crippen LogP contribution in [0, 0.1) is 0 Å². The first-order valence-corrected chi connectivity index (χ1v) is 13.7. The SMILES string of the molecule is CN(C)c1ccc(-c2nc3nccc(-c4ccc(C5(NC(=O)c6ccc(C(C)(C)C)cc6)CC5)cc4)c3[nH]2)nc1. The van der Waals surface area contributed by atoms with Gasteiger partial charge in [-0.15, -0.1) is 0 Å². The van der Waals surface area contributed by atoms with E-state index >= 15 is 0 Å². The van der Waals surface area contributed by atoms with Gasteiger partial charge in [-0.25, -0.2) is 9.97 Å². The van der Waals surface area contributed by atoms with E-state index in [9.17, 15) is 4.79 Å². The molecule has 2 N–H and O–H groups in total. The molecule has 40 heavy (non-hydrogen) atoms. The van der Waals surface area contributed by atoms with Crippen molar-refractivity contribution in [3.8, 4) is 22.6 Å². The molecule has 3 aromatic heterocycles. The molecule has 202 valence electrons. The van der Waals surface area contributed by atoms with Crippen molar-refractivity contribution in [2.75, 3.05) is 19.0 Å². The minimum atomic E-state index is -0.308. The number of pyridine rings is 2. The number of nitrogens with one attached hydrogen (secondary N) is 2. The van der Waals surface area contributed by atoms with Gasteiger partial charge in [-0.1, -0.05) is 57.2 Å². The molecule has 1 amide bonds. The number of aromatic amines is 1. The Morgan fingerprint density at radius 1 is 0.925 bits per heavy atom. The predicted octanol–water partition coefficient (Wildman–Crippen LogP) is 6.47. The quantitative estimate of drug-likeness (QED) is 0.263. The predicted molar refractivity (Wildman–Crippen MR) is 160 cm³/mol. The third kappa shape index (κ3) is 4.83. The number of carbonyl (C=O) groups excluding carboxylic acids is 1. The van der Waals surface area contributed by atoms with Crippen molar-refractivity contribution < 1.29 is 4.79 Å². The van der Waals surface area contributed by atoms with Gasteiger partial charge in [0.05, 0.1) is 22.9 Å². The van der Waals surface area contributed by atoms with Gasteiger partial charge in [0.1, 0.15) is 5.69 Å². The van der Waals surface area contributed by atoms with Gasteiger partial charge in [-0.2, -0.15) is 0 Å². The zero-order valence-corrected chi connectivity index (χ0v) is 23.6. The molecule has 7 heteroatoms. The smallest absolute Gasteiger partial charge is 0.251 e. The molecular weight excluding hydrogens is 496 g/mol. The lowest BCUT2D eigenvalue weighted by Gasteiger charge is -2.21. The highest BCUT2D eigenvalue weighted by atomic mass is 16.1. The molecule has 7 nitrogen and oxygen atoms in total. The lowest BCUT2D eigenvalue weighted by atomic mass is 9.86. The minimum absolute atomic E-state index is 0.0323. The Morgan fingerprint density at radius 3 is 2.25 bits per heavy atom. The Hall–Kier alpha value is -4.52. The number of amides is 1. The van der Waals surface area contributed by atoms with E-state index in [1.807, 2.05) is 55.5 Å². The lowest BCUT2D eigenvalue weighted by Crippen LogP contribution is -2.34. The number of imidazole rings is 1. The zero-order valence-electron chi connectivity index (χ0n) is 23.6. The molecule has 1 aliphatic rings. The molecular formula is C33H34N6O. The molecule has 0 radical (unpaired) electrons. The summed E-state index contributed by atoms with van der Waals surface area (Å²) in [5, 5.41) is 3.30. The number of fused-ring (bicyclic) bond motifs is 1.